The lowest BCUT2D eigenvalue weighted by atomic mass is 10.2. The Balaban J connectivity index is 1.54. The Kier molecular flexibility index (Phi) is 6.07. The van der Waals surface area contributed by atoms with Crippen LogP contribution in [0.1, 0.15) is 22.8 Å². The van der Waals surface area contributed by atoms with E-state index in [4.69, 9.17) is 10.2 Å². The van der Waals surface area contributed by atoms with Crippen molar-refractivity contribution in [1.82, 2.24) is 19.6 Å². The van der Waals surface area contributed by atoms with Crippen molar-refractivity contribution in [3.63, 3.8) is 0 Å². The largest absolute Gasteiger partial charge is 0.237 e. The molecule has 0 spiro atoms. The van der Waals surface area contributed by atoms with E-state index in [1.807, 2.05) is 45.8 Å². The van der Waals surface area contributed by atoms with Crippen LogP contribution in [0.4, 0.5) is 0 Å². The van der Waals surface area contributed by atoms with Gasteiger partial charge in [0, 0.05) is 10.7 Å². The standard InChI is InChI=1S/C22H20Br2N4/c23-15-21-13-17(25-27(21)19-7-3-1-4-8-19)11-12-18-14-22(16-24)28(26-18)20-9-5-2-6-10-20/h1-10,13-14H,11-12,15-16H2. The van der Waals surface area contributed by atoms with Crippen molar-refractivity contribution in [2.75, 3.05) is 0 Å². The molecule has 0 radical (unpaired) electrons. The van der Waals surface area contributed by atoms with Gasteiger partial charge in [0.25, 0.3) is 0 Å². The maximum atomic E-state index is 4.82. The molecule has 0 N–H and O–H groups in total. The van der Waals surface area contributed by atoms with Crippen LogP contribution < -0.4 is 0 Å². The molecular weight excluding hydrogens is 480 g/mol. The summed E-state index contributed by atoms with van der Waals surface area (Å²) in [4.78, 5) is 0. The minimum atomic E-state index is 0.769. The molecule has 0 bridgehead atoms. The Bertz CT molecular complexity index is 953. The first-order valence-electron chi connectivity index (χ1n) is 9.17. The lowest BCUT2D eigenvalue weighted by molar-refractivity contribution is 0.772. The molecule has 142 valence electrons. The maximum absolute atomic E-state index is 4.82. The molecule has 0 saturated carbocycles. The van der Waals surface area contributed by atoms with E-state index >= 15 is 0 Å². The van der Waals surface area contributed by atoms with Gasteiger partial charge in [-0.15, -0.1) is 0 Å². The molecule has 0 aliphatic rings. The Labute approximate surface area is 181 Å². The molecule has 4 rings (SSSR count). The van der Waals surface area contributed by atoms with E-state index in [0.717, 1.165) is 57.7 Å². The fourth-order valence-corrected chi connectivity index (χ4v) is 4.03. The fourth-order valence-electron chi connectivity index (χ4n) is 3.23. The number of benzene rings is 2. The SMILES string of the molecule is BrCc1cc(CCc2cc(CBr)n(-c3ccccc3)n2)nn1-c1ccccc1. The lowest BCUT2D eigenvalue weighted by Gasteiger charge is -2.04. The van der Waals surface area contributed by atoms with Gasteiger partial charge in [0.1, 0.15) is 0 Å². The molecule has 0 aliphatic carbocycles. The van der Waals surface area contributed by atoms with Crippen molar-refractivity contribution in [2.45, 2.75) is 23.5 Å². The van der Waals surface area contributed by atoms with Crippen LogP contribution in [0.25, 0.3) is 11.4 Å². The number of para-hydroxylation sites is 2. The van der Waals surface area contributed by atoms with Gasteiger partial charge >= 0.3 is 0 Å². The Morgan fingerprint density at radius 2 is 1.00 bits per heavy atom. The minimum absolute atomic E-state index is 0.769. The molecule has 4 aromatic rings. The Morgan fingerprint density at radius 1 is 0.607 bits per heavy atom. The van der Waals surface area contributed by atoms with Gasteiger partial charge in [0.05, 0.1) is 34.2 Å². The highest BCUT2D eigenvalue weighted by atomic mass is 79.9. The van der Waals surface area contributed by atoms with E-state index in [0.29, 0.717) is 0 Å². The first-order chi connectivity index (χ1) is 13.8. The third-order valence-corrected chi connectivity index (χ3v) is 5.73. The average molecular weight is 500 g/mol. The van der Waals surface area contributed by atoms with E-state index in [9.17, 15) is 0 Å². The van der Waals surface area contributed by atoms with Crippen LogP contribution in [-0.2, 0) is 23.5 Å². The highest BCUT2D eigenvalue weighted by molar-refractivity contribution is 9.08. The maximum Gasteiger partial charge on any atom is 0.0649 e. The second-order valence-corrected chi connectivity index (χ2v) is 7.64. The molecule has 0 saturated heterocycles. The van der Waals surface area contributed by atoms with Crippen LogP contribution in [0, 0.1) is 0 Å². The van der Waals surface area contributed by atoms with Gasteiger partial charge in [-0.3, -0.25) is 0 Å². The monoisotopic (exact) mass is 498 g/mol. The number of halogens is 2. The molecule has 2 heterocycles. The lowest BCUT2D eigenvalue weighted by Crippen LogP contribution is -2.02. The van der Waals surface area contributed by atoms with Crippen molar-refractivity contribution >= 4 is 31.9 Å². The van der Waals surface area contributed by atoms with E-state index in [2.05, 4.69) is 68.3 Å². The molecule has 0 unspecified atom stereocenters. The number of alkyl halides is 2. The fraction of sp³-hybridized carbons (Fsp3) is 0.182. The zero-order valence-corrected chi connectivity index (χ0v) is 18.5. The van der Waals surface area contributed by atoms with Crippen LogP contribution in [0.3, 0.4) is 0 Å². The number of aromatic nitrogens is 4. The summed E-state index contributed by atoms with van der Waals surface area (Å²) in [5, 5.41) is 11.2. The van der Waals surface area contributed by atoms with Crippen LogP contribution >= 0.6 is 31.9 Å². The summed E-state index contributed by atoms with van der Waals surface area (Å²) in [6.45, 7) is 0. The summed E-state index contributed by atoms with van der Waals surface area (Å²) in [5.41, 5.74) is 6.62. The molecule has 0 aliphatic heterocycles. The van der Waals surface area contributed by atoms with E-state index in [1.165, 1.54) is 0 Å². The van der Waals surface area contributed by atoms with Crippen LogP contribution in [-0.4, -0.2) is 19.6 Å². The predicted octanol–water partition coefficient (Wildman–Crippen LogP) is 5.63. The minimum Gasteiger partial charge on any atom is -0.237 e. The summed E-state index contributed by atoms with van der Waals surface area (Å²) in [5.74, 6) is 0. The van der Waals surface area contributed by atoms with E-state index in [-0.39, 0.29) is 0 Å². The van der Waals surface area contributed by atoms with Crippen molar-refractivity contribution < 1.29 is 0 Å². The number of rotatable bonds is 7. The highest BCUT2D eigenvalue weighted by Gasteiger charge is 2.12. The number of nitrogens with zero attached hydrogens (tertiary/aromatic N) is 4. The molecule has 6 heteroatoms. The molecule has 2 aromatic heterocycles. The van der Waals surface area contributed by atoms with Crippen LogP contribution in [0.5, 0.6) is 0 Å². The zero-order chi connectivity index (χ0) is 19.3. The van der Waals surface area contributed by atoms with Gasteiger partial charge < -0.3 is 0 Å². The summed E-state index contributed by atoms with van der Waals surface area (Å²) in [6.07, 6.45) is 1.71. The number of hydrogen-bond acceptors (Lipinski definition) is 2. The normalized spacial score (nSPS) is 11.1. The first-order valence-corrected chi connectivity index (χ1v) is 11.4. The predicted molar refractivity (Wildman–Crippen MR) is 120 cm³/mol. The summed E-state index contributed by atoms with van der Waals surface area (Å²) in [6, 6.07) is 24.8. The first kappa shape index (κ1) is 19.2. The highest BCUT2D eigenvalue weighted by Crippen LogP contribution is 2.19. The topological polar surface area (TPSA) is 35.6 Å². The van der Waals surface area contributed by atoms with Crippen molar-refractivity contribution in [3.05, 3.63) is 95.6 Å². The van der Waals surface area contributed by atoms with Gasteiger partial charge in [-0.1, -0.05) is 68.3 Å². The molecule has 0 amide bonds. The number of aryl methyl sites for hydroxylation is 2. The van der Waals surface area contributed by atoms with Crippen molar-refractivity contribution in [3.8, 4) is 11.4 Å². The summed E-state index contributed by atoms with van der Waals surface area (Å²) in [7, 11) is 0. The molecule has 0 fully saturated rings. The third-order valence-electron chi connectivity index (χ3n) is 4.58. The van der Waals surface area contributed by atoms with Crippen molar-refractivity contribution in [1.29, 1.82) is 0 Å². The molecule has 2 aromatic carbocycles. The van der Waals surface area contributed by atoms with Gasteiger partial charge in [-0.05, 0) is 49.2 Å². The number of hydrogen-bond donors (Lipinski definition) is 0. The van der Waals surface area contributed by atoms with Crippen LogP contribution in [0.2, 0.25) is 0 Å². The van der Waals surface area contributed by atoms with Gasteiger partial charge in [-0.25, -0.2) is 9.36 Å². The Morgan fingerprint density at radius 3 is 1.36 bits per heavy atom. The van der Waals surface area contributed by atoms with E-state index < -0.39 is 0 Å². The second kappa shape index (κ2) is 8.88. The summed E-state index contributed by atoms with van der Waals surface area (Å²) >= 11 is 7.16. The molecule has 28 heavy (non-hydrogen) atoms. The van der Waals surface area contributed by atoms with Gasteiger partial charge in [0.15, 0.2) is 0 Å². The molecular formula is C22H20Br2N4. The third kappa shape index (κ3) is 4.13. The quantitative estimate of drug-likeness (QED) is 0.309. The zero-order valence-electron chi connectivity index (χ0n) is 15.3. The summed E-state index contributed by atoms with van der Waals surface area (Å²) < 4.78 is 4.02. The molecule has 0 atom stereocenters. The second-order valence-electron chi connectivity index (χ2n) is 6.52. The van der Waals surface area contributed by atoms with Crippen molar-refractivity contribution in [2.24, 2.45) is 0 Å². The van der Waals surface area contributed by atoms with E-state index in [1.54, 1.807) is 0 Å². The van der Waals surface area contributed by atoms with Gasteiger partial charge in [0.2, 0.25) is 0 Å². The molecule has 4 nitrogen and oxygen atoms in total. The van der Waals surface area contributed by atoms with Gasteiger partial charge in [-0.2, -0.15) is 10.2 Å². The smallest absolute Gasteiger partial charge is 0.0649 e. The van der Waals surface area contributed by atoms with Crippen LogP contribution in [0.15, 0.2) is 72.8 Å². The Hall–Kier alpha value is -2.18. The average Bonchev–Trinajstić information content (AvgIpc) is 3.37.